The Hall–Kier alpha value is -3.22. The maximum atomic E-state index is 12.5. The first kappa shape index (κ1) is 22.1. The van der Waals surface area contributed by atoms with Crippen LogP contribution in [0.3, 0.4) is 0 Å². The van der Waals surface area contributed by atoms with E-state index in [1.54, 1.807) is 0 Å². The largest absolute Gasteiger partial charge is 0.493 e. The lowest BCUT2D eigenvalue weighted by Crippen LogP contribution is -2.38. The van der Waals surface area contributed by atoms with E-state index in [0.717, 1.165) is 16.7 Å². The fraction of sp³-hybridized carbons (Fsp3) is 0.364. The van der Waals surface area contributed by atoms with Crippen LogP contribution in [0.2, 0.25) is 0 Å². The van der Waals surface area contributed by atoms with Gasteiger partial charge in [-0.2, -0.15) is 0 Å². The zero-order valence-electron chi connectivity index (χ0n) is 17.7. The van der Waals surface area contributed by atoms with Crippen LogP contribution in [0, 0.1) is 13.8 Å². The van der Waals surface area contributed by atoms with E-state index in [-0.39, 0.29) is 18.5 Å². The van der Waals surface area contributed by atoms with Gasteiger partial charge in [-0.25, -0.2) is 0 Å². The normalized spacial score (nSPS) is 11.4. The minimum atomic E-state index is -0.418. The lowest BCUT2D eigenvalue weighted by molar-refractivity contribution is -0.120. The lowest BCUT2D eigenvalue weighted by atomic mass is 10.00. The zero-order valence-corrected chi connectivity index (χ0v) is 17.7. The minimum Gasteiger partial charge on any atom is -0.493 e. The Labute approximate surface area is 171 Å². The van der Waals surface area contributed by atoms with Gasteiger partial charge in [-0.1, -0.05) is 23.8 Å². The molecule has 0 heterocycles. The number of nitrogens with one attached hydrogen (secondary N) is 2. The Kier molecular flexibility index (Phi) is 7.47. The molecular weight excluding hydrogens is 372 g/mol. The van der Waals surface area contributed by atoms with E-state index in [1.807, 2.05) is 32.9 Å². The van der Waals surface area contributed by atoms with Crippen molar-refractivity contribution in [3.05, 3.63) is 52.6 Å². The lowest BCUT2D eigenvalue weighted by Gasteiger charge is -2.18. The number of amides is 2. The Morgan fingerprint density at radius 1 is 0.966 bits per heavy atom. The summed E-state index contributed by atoms with van der Waals surface area (Å²) in [6, 6.07) is 9.01. The van der Waals surface area contributed by atoms with Gasteiger partial charge in [0.15, 0.2) is 11.5 Å². The molecule has 2 N–H and O–H groups in total. The monoisotopic (exact) mass is 400 g/mol. The fourth-order valence-electron chi connectivity index (χ4n) is 3.07. The van der Waals surface area contributed by atoms with Gasteiger partial charge >= 0.3 is 0 Å². The topological polar surface area (TPSA) is 85.9 Å². The van der Waals surface area contributed by atoms with E-state index >= 15 is 0 Å². The molecule has 0 saturated heterocycles. The summed E-state index contributed by atoms with van der Waals surface area (Å²) >= 11 is 0. The van der Waals surface area contributed by atoms with Crippen molar-refractivity contribution < 1.29 is 23.8 Å². The SMILES string of the molecule is COc1cc(C(=O)NCC(=O)NC(C)c2cc(C)ccc2C)cc(OC)c1OC. The molecule has 0 aliphatic heterocycles. The zero-order chi connectivity index (χ0) is 21.6. The number of aryl methyl sites for hydroxylation is 2. The first-order valence-corrected chi connectivity index (χ1v) is 9.25. The first-order valence-electron chi connectivity index (χ1n) is 9.25. The number of ether oxygens (including phenoxy) is 3. The van der Waals surface area contributed by atoms with Crippen LogP contribution in [0.15, 0.2) is 30.3 Å². The average Bonchev–Trinajstić information content (AvgIpc) is 2.72. The first-order chi connectivity index (χ1) is 13.8. The third-order valence-corrected chi connectivity index (χ3v) is 4.62. The van der Waals surface area contributed by atoms with Crippen molar-refractivity contribution in [2.75, 3.05) is 27.9 Å². The van der Waals surface area contributed by atoms with E-state index in [0.29, 0.717) is 22.8 Å². The minimum absolute atomic E-state index is 0.148. The molecule has 29 heavy (non-hydrogen) atoms. The Morgan fingerprint density at radius 3 is 2.14 bits per heavy atom. The molecule has 0 aliphatic carbocycles. The van der Waals surface area contributed by atoms with Crippen LogP contribution in [-0.2, 0) is 4.79 Å². The van der Waals surface area contributed by atoms with Crippen LogP contribution in [0.25, 0.3) is 0 Å². The average molecular weight is 400 g/mol. The van der Waals surface area contributed by atoms with Gasteiger partial charge in [-0.15, -0.1) is 0 Å². The third kappa shape index (κ3) is 5.40. The molecule has 0 fully saturated rings. The van der Waals surface area contributed by atoms with E-state index in [2.05, 4.69) is 16.7 Å². The van der Waals surface area contributed by atoms with E-state index in [1.165, 1.54) is 33.5 Å². The molecule has 7 heteroatoms. The summed E-state index contributed by atoms with van der Waals surface area (Å²) in [7, 11) is 4.43. The predicted molar refractivity (Wildman–Crippen MR) is 111 cm³/mol. The summed E-state index contributed by atoms with van der Waals surface area (Å²) in [5.41, 5.74) is 3.58. The van der Waals surface area contributed by atoms with Crippen LogP contribution < -0.4 is 24.8 Å². The van der Waals surface area contributed by atoms with E-state index in [4.69, 9.17) is 14.2 Å². The van der Waals surface area contributed by atoms with Crippen molar-refractivity contribution in [1.82, 2.24) is 10.6 Å². The van der Waals surface area contributed by atoms with Crippen LogP contribution in [0.1, 0.15) is 40.0 Å². The second-order valence-electron chi connectivity index (χ2n) is 6.75. The quantitative estimate of drug-likeness (QED) is 0.712. The van der Waals surface area contributed by atoms with Crippen LogP contribution in [-0.4, -0.2) is 39.7 Å². The molecule has 0 aliphatic rings. The van der Waals surface area contributed by atoms with Crippen molar-refractivity contribution in [3.63, 3.8) is 0 Å². The maximum Gasteiger partial charge on any atom is 0.251 e. The number of benzene rings is 2. The summed E-state index contributed by atoms with van der Waals surface area (Å²) in [5, 5.41) is 5.53. The maximum absolute atomic E-state index is 12.5. The van der Waals surface area contributed by atoms with Crippen molar-refractivity contribution in [2.24, 2.45) is 0 Å². The Balaban J connectivity index is 2.03. The van der Waals surface area contributed by atoms with Crippen LogP contribution in [0.5, 0.6) is 17.2 Å². The van der Waals surface area contributed by atoms with Gasteiger partial charge in [-0.3, -0.25) is 9.59 Å². The Bertz CT molecular complexity index is 870. The fourth-order valence-corrected chi connectivity index (χ4v) is 3.07. The highest BCUT2D eigenvalue weighted by Crippen LogP contribution is 2.38. The van der Waals surface area contributed by atoms with Gasteiger partial charge in [0.1, 0.15) is 0 Å². The highest BCUT2D eigenvalue weighted by Gasteiger charge is 2.18. The number of rotatable bonds is 8. The molecule has 2 aromatic rings. The molecule has 1 unspecified atom stereocenters. The molecule has 0 saturated carbocycles. The predicted octanol–water partition coefficient (Wildman–Crippen LogP) is 2.94. The number of hydrogen-bond acceptors (Lipinski definition) is 5. The molecule has 0 aromatic heterocycles. The standard InChI is InChI=1S/C22H28N2O5/c1-13-7-8-14(2)17(9-13)15(3)24-20(25)12-23-22(26)16-10-18(27-4)21(29-6)19(11-16)28-5/h7-11,15H,12H2,1-6H3,(H,23,26)(H,24,25). The van der Waals surface area contributed by atoms with Gasteiger partial charge in [-0.05, 0) is 44.0 Å². The number of carbonyl (C=O) groups excluding carboxylic acids is 2. The molecule has 0 radical (unpaired) electrons. The van der Waals surface area contributed by atoms with Gasteiger partial charge in [0.05, 0.1) is 33.9 Å². The summed E-state index contributed by atoms with van der Waals surface area (Å²) < 4.78 is 15.8. The second-order valence-corrected chi connectivity index (χ2v) is 6.75. The number of carbonyl (C=O) groups is 2. The number of methoxy groups -OCH3 is 3. The molecule has 7 nitrogen and oxygen atoms in total. The summed E-state index contributed by atoms with van der Waals surface area (Å²) in [4.78, 5) is 24.8. The molecule has 1 atom stereocenters. The molecule has 2 rings (SSSR count). The van der Waals surface area contributed by atoms with Gasteiger partial charge in [0.25, 0.3) is 5.91 Å². The molecule has 156 valence electrons. The Morgan fingerprint density at radius 2 is 1.59 bits per heavy atom. The van der Waals surface area contributed by atoms with E-state index in [9.17, 15) is 9.59 Å². The molecule has 2 aromatic carbocycles. The summed E-state index contributed by atoms with van der Waals surface area (Å²) in [6.07, 6.45) is 0. The summed E-state index contributed by atoms with van der Waals surface area (Å²) in [5.74, 6) is 0.430. The highest BCUT2D eigenvalue weighted by atomic mass is 16.5. The molecule has 0 bridgehead atoms. The van der Waals surface area contributed by atoms with Crippen LogP contribution >= 0.6 is 0 Å². The van der Waals surface area contributed by atoms with Crippen molar-refractivity contribution in [1.29, 1.82) is 0 Å². The third-order valence-electron chi connectivity index (χ3n) is 4.62. The van der Waals surface area contributed by atoms with Crippen molar-refractivity contribution in [2.45, 2.75) is 26.8 Å². The van der Waals surface area contributed by atoms with Crippen molar-refractivity contribution >= 4 is 11.8 Å². The van der Waals surface area contributed by atoms with E-state index < -0.39 is 5.91 Å². The highest BCUT2D eigenvalue weighted by molar-refractivity contribution is 5.97. The smallest absolute Gasteiger partial charge is 0.251 e. The molecular formula is C22H28N2O5. The molecule has 2 amide bonds. The molecule has 0 spiro atoms. The van der Waals surface area contributed by atoms with Crippen LogP contribution in [0.4, 0.5) is 0 Å². The van der Waals surface area contributed by atoms with Gasteiger partial charge < -0.3 is 24.8 Å². The summed E-state index contributed by atoms with van der Waals surface area (Å²) in [6.45, 7) is 5.78. The van der Waals surface area contributed by atoms with Gasteiger partial charge in [0.2, 0.25) is 11.7 Å². The van der Waals surface area contributed by atoms with Crippen molar-refractivity contribution in [3.8, 4) is 17.2 Å². The van der Waals surface area contributed by atoms with Gasteiger partial charge in [0, 0.05) is 5.56 Å². The number of hydrogen-bond donors (Lipinski definition) is 2. The second kappa shape index (κ2) is 9.82.